The summed E-state index contributed by atoms with van der Waals surface area (Å²) in [6, 6.07) is 10.0. The summed E-state index contributed by atoms with van der Waals surface area (Å²) in [5.74, 6) is 0.127. The number of thiazole rings is 1. The Kier molecular flexibility index (Phi) is 5.92. The molecule has 1 amide bonds. The highest BCUT2D eigenvalue weighted by atomic mass is 79.9. The van der Waals surface area contributed by atoms with Crippen LogP contribution in [-0.4, -0.2) is 17.5 Å². The quantitative estimate of drug-likeness (QED) is 0.548. The number of nitrogens with one attached hydrogen (secondary N) is 1. The predicted octanol–water partition coefficient (Wildman–Crippen LogP) is 5.65. The molecular weight excluding hydrogens is 431 g/mol. The Labute approximate surface area is 169 Å². The molecule has 0 aliphatic heterocycles. The Morgan fingerprint density at radius 3 is 2.44 bits per heavy atom. The third-order valence-corrected chi connectivity index (χ3v) is 5.28. The van der Waals surface area contributed by atoms with E-state index in [9.17, 15) is 9.18 Å². The molecule has 2 aromatic carbocycles. The molecule has 1 N–H and O–H groups in total. The zero-order valence-electron chi connectivity index (χ0n) is 15.1. The minimum atomic E-state index is -0.296. The molecule has 0 unspecified atom stereocenters. The molecule has 0 saturated heterocycles. The van der Waals surface area contributed by atoms with Crippen LogP contribution in [0.25, 0.3) is 11.3 Å². The van der Waals surface area contributed by atoms with E-state index in [1.807, 2.05) is 32.9 Å². The van der Waals surface area contributed by atoms with Gasteiger partial charge < -0.3 is 4.74 Å². The average Bonchev–Trinajstić information content (AvgIpc) is 2.94. The van der Waals surface area contributed by atoms with Crippen molar-refractivity contribution in [3.05, 3.63) is 62.7 Å². The largest absolute Gasteiger partial charge is 0.483 e. The molecule has 0 radical (unpaired) electrons. The molecule has 0 fully saturated rings. The number of amides is 1. The molecule has 3 rings (SSSR count). The number of hydrogen-bond acceptors (Lipinski definition) is 4. The summed E-state index contributed by atoms with van der Waals surface area (Å²) in [5, 5.41) is 3.26. The lowest BCUT2D eigenvalue weighted by Gasteiger charge is -2.12. The van der Waals surface area contributed by atoms with Gasteiger partial charge in [0, 0.05) is 14.9 Å². The summed E-state index contributed by atoms with van der Waals surface area (Å²) >= 11 is 4.81. The van der Waals surface area contributed by atoms with Crippen LogP contribution in [0.15, 0.2) is 40.9 Å². The maximum Gasteiger partial charge on any atom is 0.264 e. The fourth-order valence-electron chi connectivity index (χ4n) is 2.74. The first-order chi connectivity index (χ1) is 12.8. The summed E-state index contributed by atoms with van der Waals surface area (Å²) in [7, 11) is 0. The van der Waals surface area contributed by atoms with E-state index in [0.717, 1.165) is 31.7 Å². The lowest BCUT2D eigenvalue weighted by Crippen LogP contribution is -2.20. The van der Waals surface area contributed by atoms with E-state index >= 15 is 0 Å². The summed E-state index contributed by atoms with van der Waals surface area (Å²) < 4.78 is 19.8. The molecule has 3 aromatic rings. The lowest BCUT2D eigenvalue weighted by atomic mass is 10.1. The Morgan fingerprint density at radius 1 is 1.19 bits per heavy atom. The van der Waals surface area contributed by atoms with Crippen LogP contribution in [0.3, 0.4) is 0 Å². The van der Waals surface area contributed by atoms with Gasteiger partial charge in [0.2, 0.25) is 0 Å². The van der Waals surface area contributed by atoms with E-state index in [2.05, 4.69) is 26.2 Å². The molecule has 0 aliphatic rings. The van der Waals surface area contributed by atoms with Crippen molar-refractivity contribution in [2.24, 2.45) is 0 Å². The highest BCUT2D eigenvalue weighted by molar-refractivity contribution is 9.10. The number of anilines is 1. The number of aryl methyl sites for hydroxylation is 3. The van der Waals surface area contributed by atoms with E-state index in [-0.39, 0.29) is 18.3 Å². The fourth-order valence-corrected chi connectivity index (χ4v) is 4.28. The molecule has 140 valence electrons. The molecule has 7 heteroatoms. The van der Waals surface area contributed by atoms with Gasteiger partial charge in [0.25, 0.3) is 5.91 Å². The zero-order valence-corrected chi connectivity index (χ0v) is 17.5. The number of benzene rings is 2. The van der Waals surface area contributed by atoms with E-state index in [0.29, 0.717) is 10.9 Å². The van der Waals surface area contributed by atoms with Crippen LogP contribution in [0.2, 0.25) is 0 Å². The second-order valence-corrected chi connectivity index (χ2v) is 8.26. The van der Waals surface area contributed by atoms with Crippen molar-refractivity contribution >= 4 is 38.3 Å². The topological polar surface area (TPSA) is 51.2 Å². The fraction of sp³-hybridized carbons (Fsp3) is 0.200. The smallest absolute Gasteiger partial charge is 0.264 e. The van der Waals surface area contributed by atoms with Gasteiger partial charge in [0.15, 0.2) is 11.7 Å². The molecule has 4 nitrogen and oxygen atoms in total. The van der Waals surface area contributed by atoms with Crippen LogP contribution >= 0.6 is 27.3 Å². The number of rotatable bonds is 5. The second-order valence-electron chi connectivity index (χ2n) is 6.14. The van der Waals surface area contributed by atoms with Gasteiger partial charge in [-0.1, -0.05) is 15.9 Å². The van der Waals surface area contributed by atoms with Gasteiger partial charge in [-0.25, -0.2) is 9.37 Å². The van der Waals surface area contributed by atoms with Crippen molar-refractivity contribution in [3.63, 3.8) is 0 Å². The maximum atomic E-state index is 13.1. The van der Waals surface area contributed by atoms with Crippen LogP contribution in [0.4, 0.5) is 9.52 Å². The highest BCUT2D eigenvalue weighted by Crippen LogP contribution is 2.31. The van der Waals surface area contributed by atoms with Gasteiger partial charge in [0.1, 0.15) is 11.6 Å². The minimum absolute atomic E-state index is 0.103. The number of ether oxygens (including phenoxy) is 1. The Hall–Kier alpha value is -2.25. The molecule has 27 heavy (non-hydrogen) atoms. The molecule has 0 aliphatic carbocycles. The van der Waals surface area contributed by atoms with Crippen molar-refractivity contribution in [1.82, 2.24) is 4.98 Å². The van der Waals surface area contributed by atoms with Crippen LogP contribution in [0.5, 0.6) is 5.75 Å². The first-order valence-electron chi connectivity index (χ1n) is 8.26. The number of carbonyl (C=O) groups is 1. The minimum Gasteiger partial charge on any atom is -0.483 e. The molecule has 1 heterocycles. The van der Waals surface area contributed by atoms with Crippen molar-refractivity contribution in [2.75, 3.05) is 11.9 Å². The van der Waals surface area contributed by atoms with Gasteiger partial charge in [-0.2, -0.15) is 0 Å². The first-order valence-corrected chi connectivity index (χ1v) is 9.87. The Morgan fingerprint density at radius 2 is 1.81 bits per heavy atom. The molecule has 0 atom stereocenters. The van der Waals surface area contributed by atoms with Crippen LogP contribution in [0.1, 0.15) is 16.0 Å². The van der Waals surface area contributed by atoms with E-state index < -0.39 is 0 Å². The van der Waals surface area contributed by atoms with Crippen LogP contribution < -0.4 is 10.1 Å². The summed E-state index contributed by atoms with van der Waals surface area (Å²) in [5.41, 5.74) is 3.45. The third-order valence-electron chi connectivity index (χ3n) is 3.93. The SMILES string of the molecule is Cc1cc(Br)cc(C)c1OCC(=O)Nc1nc(-c2ccc(F)cc2)c(C)s1. The van der Waals surface area contributed by atoms with Crippen molar-refractivity contribution in [1.29, 1.82) is 0 Å². The number of aromatic nitrogens is 1. The van der Waals surface area contributed by atoms with Gasteiger partial charge in [-0.3, -0.25) is 10.1 Å². The van der Waals surface area contributed by atoms with Gasteiger partial charge >= 0.3 is 0 Å². The van der Waals surface area contributed by atoms with E-state index in [4.69, 9.17) is 4.74 Å². The average molecular weight is 449 g/mol. The predicted molar refractivity (Wildman–Crippen MR) is 110 cm³/mol. The van der Waals surface area contributed by atoms with E-state index in [1.54, 1.807) is 12.1 Å². The van der Waals surface area contributed by atoms with E-state index in [1.165, 1.54) is 23.5 Å². The standard InChI is InChI=1S/C20H18BrFN2O2S/c1-11-8-15(21)9-12(2)19(11)26-10-17(25)23-20-24-18(13(3)27-20)14-4-6-16(22)7-5-14/h4-9H,10H2,1-3H3,(H,23,24,25). The normalized spacial score (nSPS) is 10.7. The molecule has 0 bridgehead atoms. The number of halogens is 2. The summed E-state index contributed by atoms with van der Waals surface area (Å²) in [6.45, 7) is 5.68. The van der Waals surface area contributed by atoms with Crippen molar-refractivity contribution in [3.8, 4) is 17.0 Å². The van der Waals surface area contributed by atoms with Crippen LogP contribution in [-0.2, 0) is 4.79 Å². The maximum absolute atomic E-state index is 13.1. The van der Waals surface area contributed by atoms with Crippen LogP contribution in [0, 0.1) is 26.6 Å². The Bertz CT molecular complexity index is 963. The number of hydrogen-bond donors (Lipinski definition) is 1. The van der Waals surface area contributed by atoms with Gasteiger partial charge in [0.05, 0.1) is 5.69 Å². The molecule has 0 saturated carbocycles. The Balaban J connectivity index is 1.67. The number of carbonyl (C=O) groups excluding carboxylic acids is 1. The van der Waals surface area contributed by atoms with Crippen molar-refractivity contribution in [2.45, 2.75) is 20.8 Å². The molecule has 0 spiro atoms. The number of nitrogens with zero attached hydrogens (tertiary/aromatic N) is 1. The second kappa shape index (κ2) is 8.19. The van der Waals surface area contributed by atoms with Crippen molar-refractivity contribution < 1.29 is 13.9 Å². The summed E-state index contributed by atoms with van der Waals surface area (Å²) in [4.78, 5) is 17.6. The van der Waals surface area contributed by atoms with Gasteiger partial charge in [-0.15, -0.1) is 11.3 Å². The monoisotopic (exact) mass is 448 g/mol. The van der Waals surface area contributed by atoms with Gasteiger partial charge in [-0.05, 0) is 68.3 Å². The third kappa shape index (κ3) is 4.73. The first kappa shape index (κ1) is 19.5. The zero-order chi connectivity index (χ0) is 19.6. The summed E-state index contributed by atoms with van der Waals surface area (Å²) in [6.07, 6.45) is 0. The molecular formula is C20H18BrFN2O2S. The lowest BCUT2D eigenvalue weighted by molar-refractivity contribution is -0.118. The highest BCUT2D eigenvalue weighted by Gasteiger charge is 2.14. The molecule has 1 aromatic heterocycles.